The molecule has 2 aromatic heterocycles. The van der Waals surface area contributed by atoms with E-state index in [-0.39, 0.29) is 5.75 Å². The summed E-state index contributed by atoms with van der Waals surface area (Å²) in [6.45, 7) is -0.599. The van der Waals surface area contributed by atoms with E-state index in [4.69, 9.17) is 11.6 Å². The van der Waals surface area contributed by atoms with Gasteiger partial charge in [-0.1, -0.05) is 23.7 Å². The van der Waals surface area contributed by atoms with Gasteiger partial charge >= 0.3 is 6.61 Å². The number of alkyl halides is 2. The molecule has 3 rings (SSSR count). The third-order valence-corrected chi connectivity index (χ3v) is 3.53. The monoisotopic (exact) mass is 323 g/mol. The Labute approximate surface area is 130 Å². The van der Waals surface area contributed by atoms with E-state index in [0.29, 0.717) is 17.3 Å². The molecule has 2 heterocycles. The van der Waals surface area contributed by atoms with Gasteiger partial charge in [0.15, 0.2) is 0 Å². The SMILES string of the molecule is Cc1cc(Cn2cc3c(Cl)nccc3n2)ccc1OC(F)F. The second kappa shape index (κ2) is 5.88. The van der Waals surface area contributed by atoms with Crippen LogP contribution in [0.2, 0.25) is 5.15 Å². The van der Waals surface area contributed by atoms with Crippen molar-refractivity contribution in [3.8, 4) is 5.75 Å². The number of aromatic nitrogens is 3. The van der Waals surface area contributed by atoms with Crippen LogP contribution in [0, 0.1) is 6.92 Å². The number of halogens is 3. The molecule has 7 heteroatoms. The smallest absolute Gasteiger partial charge is 0.387 e. The lowest BCUT2D eigenvalue weighted by Crippen LogP contribution is -2.05. The zero-order chi connectivity index (χ0) is 15.7. The van der Waals surface area contributed by atoms with Crippen LogP contribution in [0.25, 0.3) is 10.9 Å². The molecule has 0 bridgehead atoms. The van der Waals surface area contributed by atoms with Gasteiger partial charge in [0.1, 0.15) is 10.9 Å². The summed E-state index contributed by atoms with van der Waals surface area (Å²) in [6.07, 6.45) is 3.41. The molecule has 0 spiro atoms. The quantitative estimate of drug-likeness (QED) is 0.680. The van der Waals surface area contributed by atoms with E-state index in [2.05, 4.69) is 14.8 Å². The first-order valence-corrected chi connectivity index (χ1v) is 6.93. The van der Waals surface area contributed by atoms with Crippen LogP contribution >= 0.6 is 11.6 Å². The fourth-order valence-corrected chi connectivity index (χ4v) is 2.47. The van der Waals surface area contributed by atoms with Crippen molar-refractivity contribution < 1.29 is 13.5 Å². The molecule has 0 saturated carbocycles. The summed E-state index contributed by atoms with van der Waals surface area (Å²) in [6, 6.07) is 6.85. The number of fused-ring (bicyclic) bond motifs is 1. The molecular weight excluding hydrogens is 312 g/mol. The number of benzene rings is 1. The molecule has 0 atom stereocenters. The van der Waals surface area contributed by atoms with Gasteiger partial charge in [-0.3, -0.25) is 4.68 Å². The van der Waals surface area contributed by atoms with E-state index in [9.17, 15) is 8.78 Å². The highest BCUT2D eigenvalue weighted by Crippen LogP contribution is 2.23. The van der Waals surface area contributed by atoms with Crippen molar-refractivity contribution in [3.05, 3.63) is 52.9 Å². The molecule has 4 nitrogen and oxygen atoms in total. The molecule has 1 aromatic carbocycles. The van der Waals surface area contributed by atoms with Crippen molar-refractivity contribution in [2.45, 2.75) is 20.1 Å². The van der Waals surface area contributed by atoms with Crippen molar-refractivity contribution in [2.24, 2.45) is 0 Å². The minimum atomic E-state index is -2.82. The predicted molar refractivity (Wildman–Crippen MR) is 79.5 cm³/mol. The lowest BCUT2D eigenvalue weighted by Gasteiger charge is -2.09. The van der Waals surface area contributed by atoms with Crippen molar-refractivity contribution in [3.63, 3.8) is 0 Å². The largest absolute Gasteiger partial charge is 0.435 e. The Balaban J connectivity index is 1.85. The molecule has 0 amide bonds. The summed E-state index contributed by atoms with van der Waals surface area (Å²) < 4.78 is 30.7. The van der Waals surface area contributed by atoms with E-state index in [1.165, 1.54) is 6.07 Å². The van der Waals surface area contributed by atoms with Gasteiger partial charge in [0.05, 0.1) is 17.4 Å². The van der Waals surface area contributed by atoms with Crippen molar-refractivity contribution in [1.29, 1.82) is 0 Å². The van der Waals surface area contributed by atoms with Gasteiger partial charge in [-0.15, -0.1) is 0 Å². The summed E-state index contributed by atoms with van der Waals surface area (Å²) in [5.74, 6) is 0.177. The highest BCUT2D eigenvalue weighted by Gasteiger charge is 2.09. The molecular formula is C15H12ClF2N3O. The third-order valence-electron chi connectivity index (χ3n) is 3.23. The second-order valence-electron chi connectivity index (χ2n) is 4.84. The number of rotatable bonds is 4. The van der Waals surface area contributed by atoms with E-state index in [1.807, 2.05) is 6.20 Å². The van der Waals surface area contributed by atoms with Crippen LogP contribution in [0.4, 0.5) is 8.78 Å². The van der Waals surface area contributed by atoms with Gasteiger partial charge in [0.2, 0.25) is 0 Å². The zero-order valence-electron chi connectivity index (χ0n) is 11.6. The van der Waals surface area contributed by atoms with Gasteiger partial charge in [-0.2, -0.15) is 13.9 Å². The molecule has 0 saturated heterocycles. The van der Waals surface area contributed by atoms with Crippen LogP contribution in [-0.4, -0.2) is 21.4 Å². The topological polar surface area (TPSA) is 39.9 Å². The molecule has 0 radical (unpaired) electrons. The Bertz CT molecular complexity index is 820. The maximum absolute atomic E-state index is 12.2. The molecule has 0 aliphatic heterocycles. The molecule has 3 aromatic rings. The molecule has 22 heavy (non-hydrogen) atoms. The predicted octanol–water partition coefficient (Wildman–Crippen LogP) is 4.04. The standard InChI is InChI=1S/C15H12ClF2N3O/c1-9-6-10(2-3-13(9)22-15(17)18)7-21-8-11-12(20-21)4-5-19-14(11)16/h2-6,8,15H,7H2,1H3. The zero-order valence-corrected chi connectivity index (χ0v) is 12.4. The molecule has 0 aliphatic carbocycles. The lowest BCUT2D eigenvalue weighted by atomic mass is 10.1. The van der Waals surface area contributed by atoms with E-state index < -0.39 is 6.61 Å². The number of ether oxygens (including phenoxy) is 1. The van der Waals surface area contributed by atoms with E-state index >= 15 is 0 Å². The van der Waals surface area contributed by atoms with Crippen molar-refractivity contribution >= 4 is 22.5 Å². The van der Waals surface area contributed by atoms with Crippen LogP contribution in [0.3, 0.4) is 0 Å². The van der Waals surface area contributed by atoms with E-state index in [0.717, 1.165) is 16.5 Å². The number of hydrogen-bond acceptors (Lipinski definition) is 3. The molecule has 114 valence electrons. The maximum Gasteiger partial charge on any atom is 0.387 e. The average molecular weight is 324 g/mol. The second-order valence-corrected chi connectivity index (χ2v) is 5.20. The number of aryl methyl sites for hydroxylation is 1. The highest BCUT2D eigenvalue weighted by molar-refractivity contribution is 6.34. The Morgan fingerprint density at radius 3 is 2.82 bits per heavy atom. The number of pyridine rings is 1. The van der Waals surface area contributed by atoms with Crippen molar-refractivity contribution in [1.82, 2.24) is 14.8 Å². The number of hydrogen-bond donors (Lipinski definition) is 0. The Hall–Kier alpha value is -2.21. The molecule has 0 fully saturated rings. The van der Waals surface area contributed by atoms with Gasteiger partial charge in [-0.25, -0.2) is 4.98 Å². The maximum atomic E-state index is 12.2. The average Bonchev–Trinajstić information content (AvgIpc) is 2.85. The first-order chi connectivity index (χ1) is 10.5. The first-order valence-electron chi connectivity index (χ1n) is 6.55. The minimum Gasteiger partial charge on any atom is -0.435 e. The fourth-order valence-electron chi connectivity index (χ4n) is 2.27. The Morgan fingerprint density at radius 2 is 2.14 bits per heavy atom. The molecule has 0 unspecified atom stereocenters. The van der Waals surface area contributed by atoms with Gasteiger partial charge in [0.25, 0.3) is 0 Å². The third kappa shape index (κ3) is 3.01. The first kappa shape index (κ1) is 14.7. The minimum absolute atomic E-state index is 0.177. The van der Waals surface area contributed by atoms with Crippen LogP contribution in [0.15, 0.2) is 36.7 Å². The molecule has 0 N–H and O–H groups in total. The highest BCUT2D eigenvalue weighted by atomic mass is 35.5. The summed E-state index contributed by atoms with van der Waals surface area (Å²) in [5.41, 5.74) is 2.33. The molecule has 0 aliphatic rings. The van der Waals surface area contributed by atoms with Gasteiger partial charge in [0, 0.05) is 12.4 Å². The normalized spacial score (nSPS) is 11.3. The summed E-state index contributed by atoms with van der Waals surface area (Å²) in [4.78, 5) is 4.01. The van der Waals surface area contributed by atoms with Crippen LogP contribution < -0.4 is 4.74 Å². The Kier molecular flexibility index (Phi) is 3.94. The van der Waals surface area contributed by atoms with E-state index in [1.54, 1.807) is 36.0 Å². The summed E-state index contributed by atoms with van der Waals surface area (Å²) in [5, 5.41) is 5.59. The van der Waals surface area contributed by atoms with Gasteiger partial charge in [-0.05, 0) is 30.2 Å². The lowest BCUT2D eigenvalue weighted by molar-refractivity contribution is -0.0503. The van der Waals surface area contributed by atoms with Crippen LogP contribution in [0.1, 0.15) is 11.1 Å². The summed E-state index contributed by atoms with van der Waals surface area (Å²) in [7, 11) is 0. The van der Waals surface area contributed by atoms with Crippen LogP contribution in [0.5, 0.6) is 5.75 Å². The Morgan fingerprint density at radius 1 is 1.32 bits per heavy atom. The fraction of sp³-hybridized carbons (Fsp3) is 0.200. The van der Waals surface area contributed by atoms with Crippen molar-refractivity contribution in [2.75, 3.05) is 0 Å². The van der Waals surface area contributed by atoms with Crippen LogP contribution in [-0.2, 0) is 6.54 Å². The number of nitrogens with zero attached hydrogens (tertiary/aromatic N) is 3. The van der Waals surface area contributed by atoms with Gasteiger partial charge < -0.3 is 4.74 Å². The summed E-state index contributed by atoms with van der Waals surface area (Å²) >= 11 is 6.02.